The molecule has 0 radical (unpaired) electrons. The summed E-state index contributed by atoms with van der Waals surface area (Å²) in [5.74, 6) is -10.9. The fourth-order valence-electron chi connectivity index (χ4n) is 12.4. The third-order valence-electron chi connectivity index (χ3n) is 16.2. The number of fused-ring (bicyclic) bond motifs is 3. The topological polar surface area (TPSA) is 310 Å². The Bertz CT molecular complexity index is 3520. The molecule has 450 valence electrons. The maximum atomic E-state index is 15.6. The largest absolute Gasteiger partial charge is 3.00 e. The molecule has 6 fully saturated rings. The van der Waals surface area contributed by atoms with Crippen LogP contribution < -0.4 is 79.5 Å². The van der Waals surface area contributed by atoms with Crippen molar-refractivity contribution in [1.82, 2.24) is 29.7 Å². The minimum atomic E-state index is -1.70. The molecule has 6 atom stereocenters. The second-order valence-electron chi connectivity index (χ2n) is 23.4. The van der Waals surface area contributed by atoms with Crippen LogP contribution >= 0.6 is 0 Å². The number of hydrogen-bond acceptors (Lipinski definition) is 18. The molecule has 0 unspecified atom stereocenters. The van der Waals surface area contributed by atoms with Gasteiger partial charge < -0.3 is 91.3 Å². The molecule has 21 nitrogen and oxygen atoms in total. The number of halogens is 6. The molecule has 0 amide bonds. The standard InChI is InChI=1S/3C19H22F2N4O3.Ga/c3*1-8-5-24(6-9(2)23-8)17-13(20)15(22)12-16(14(17)21)25(10-3-4-10)7-11(18(12)26)19(27)28;/h3*7-10,23H,3-6,22H2,1-2H3,(H,27,28);/q;;;+3/p-3/t3*8-,9+;. The molecular weight excluding hydrogens is 1180 g/mol. The first-order valence-electron chi connectivity index (χ1n) is 27.8. The van der Waals surface area contributed by atoms with E-state index in [1.165, 1.54) is 13.7 Å². The number of benzene rings is 3. The minimum Gasteiger partial charge on any atom is -0.545 e. The fraction of sp³-hybridized carbons (Fsp3) is 0.474. The van der Waals surface area contributed by atoms with Crippen LogP contribution in [0, 0.1) is 34.9 Å². The zero-order valence-corrected chi connectivity index (χ0v) is 49.8. The SMILES string of the molecule is C[C@@H]1CN(c2c(F)c(N)c3c(=O)c(C(=O)[O-])cn(C4CC4)c3c2F)C[C@H](C)N1.C[C@@H]1CN(c2c(F)c(N)c3c(=O)c(C(=O)[O-])cn(C4CC4)c3c2F)C[C@H](C)N1.C[C@@H]1CN(c2c(F)c(N)c3c(=O)c(C(=O)[O-])cn(C4CC4)c3c2F)C[C@H](C)N1.[Ga+3]. The number of pyridine rings is 3. The molecule has 3 aromatic carbocycles. The first-order chi connectivity index (χ1) is 39.6. The molecule has 0 bridgehead atoms. The first kappa shape index (κ1) is 62.1. The number of carboxylic acids is 3. The number of hydrogen-bond donors (Lipinski definition) is 6. The van der Waals surface area contributed by atoms with Crippen molar-refractivity contribution in [1.29, 1.82) is 0 Å². The van der Waals surface area contributed by atoms with Gasteiger partial charge in [0.25, 0.3) is 0 Å². The van der Waals surface area contributed by atoms with Gasteiger partial charge in [-0.15, -0.1) is 0 Å². The number of nitrogens with two attached hydrogens (primary N) is 3. The number of carbonyl (C=O) groups excluding carboxylic acids is 3. The van der Waals surface area contributed by atoms with Crippen LogP contribution in [0.1, 0.15) is 129 Å². The van der Waals surface area contributed by atoms with Crippen LogP contribution in [0.5, 0.6) is 0 Å². The Morgan fingerprint density at radius 3 is 0.788 bits per heavy atom. The maximum Gasteiger partial charge on any atom is 3.00 e. The van der Waals surface area contributed by atoms with Gasteiger partial charge in [-0.2, -0.15) is 0 Å². The average molecular weight is 1240 g/mol. The van der Waals surface area contributed by atoms with Gasteiger partial charge >= 0.3 is 19.8 Å². The summed E-state index contributed by atoms with van der Waals surface area (Å²) in [6.45, 7) is 13.7. The van der Waals surface area contributed by atoms with E-state index >= 15 is 26.3 Å². The number of carboxylic acid groups (broad SMARTS) is 3. The van der Waals surface area contributed by atoms with Gasteiger partial charge in [-0.25, -0.2) is 26.3 Å². The van der Waals surface area contributed by atoms with Crippen LogP contribution in [0.4, 0.5) is 60.5 Å². The summed E-state index contributed by atoms with van der Waals surface area (Å²) in [4.78, 5) is 76.7. The van der Waals surface area contributed by atoms with Gasteiger partial charge in [0.1, 0.15) is 17.1 Å². The quantitative estimate of drug-likeness (QED) is 0.0684. The van der Waals surface area contributed by atoms with E-state index in [0.717, 1.165) is 18.6 Å². The monoisotopic (exact) mass is 1240 g/mol. The summed E-state index contributed by atoms with van der Waals surface area (Å²) < 4.78 is 96.5. The van der Waals surface area contributed by atoms with Crippen molar-refractivity contribution in [3.63, 3.8) is 0 Å². The van der Waals surface area contributed by atoms with Gasteiger partial charge in [0.2, 0.25) is 16.3 Å². The van der Waals surface area contributed by atoms with Crippen LogP contribution in [0.2, 0.25) is 0 Å². The predicted octanol–water partition coefficient (Wildman–Crippen LogP) is 1.86. The number of aromatic carboxylic acids is 3. The summed E-state index contributed by atoms with van der Waals surface area (Å²) in [6.07, 6.45) is 7.50. The molecule has 3 aliphatic heterocycles. The molecule has 3 saturated carbocycles. The molecule has 3 aliphatic carbocycles. The summed E-state index contributed by atoms with van der Waals surface area (Å²) in [5, 5.41) is 42.6. The Hall–Kier alpha value is -7.40. The van der Waals surface area contributed by atoms with Crippen LogP contribution in [-0.4, -0.2) is 127 Å². The number of carbonyl (C=O) groups is 3. The number of anilines is 6. The number of piperazine rings is 3. The van der Waals surface area contributed by atoms with E-state index in [9.17, 15) is 44.1 Å². The molecule has 28 heteroatoms. The van der Waals surface area contributed by atoms with E-state index in [-0.39, 0.29) is 108 Å². The second kappa shape index (κ2) is 23.5. The molecule has 9 N–H and O–H groups in total. The molecule has 3 aromatic heterocycles. The van der Waals surface area contributed by atoms with Crippen molar-refractivity contribution in [3.05, 3.63) is 101 Å². The number of rotatable bonds is 9. The van der Waals surface area contributed by atoms with Crippen LogP contribution in [0.25, 0.3) is 32.7 Å². The Kier molecular flexibility index (Phi) is 17.1. The first-order valence-corrected chi connectivity index (χ1v) is 27.8. The predicted molar refractivity (Wildman–Crippen MR) is 304 cm³/mol. The van der Waals surface area contributed by atoms with E-state index in [4.69, 9.17) is 17.2 Å². The number of nitrogens with one attached hydrogen (secondary N) is 3. The summed E-state index contributed by atoms with van der Waals surface area (Å²) in [5.41, 5.74) is 9.81. The normalized spacial score (nSPS) is 22.4. The molecule has 85 heavy (non-hydrogen) atoms. The van der Waals surface area contributed by atoms with Crippen LogP contribution in [-0.2, 0) is 0 Å². The van der Waals surface area contributed by atoms with Gasteiger partial charge in [-0.3, -0.25) is 14.4 Å². The Morgan fingerprint density at radius 1 is 0.412 bits per heavy atom. The molecule has 0 spiro atoms. The Labute approximate surface area is 494 Å². The van der Waals surface area contributed by atoms with Crippen molar-refractivity contribution in [2.45, 2.75) is 134 Å². The van der Waals surface area contributed by atoms with Crippen LogP contribution in [0.15, 0.2) is 33.0 Å². The molecule has 6 aliphatic rings. The van der Waals surface area contributed by atoms with E-state index in [0.29, 0.717) is 77.8 Å². The third-order valence-corrected chi connectivity index (χ3v) is 16.2. The van der Waals surface area contributed by atoms with E-state index < -0.39 is 119 Å². The third kappa shape index (κ3) is 11.4. The summed E-state index contributed by atoms with van der Waals surface area (Å²) >= 11 is 0. The minimum absolute atomic E-state index is 0. The number of nitrogen functional groups attached to an aromatic ring is 3. The van der Waals surface area contributed by atoms with Crippen molar-refractivity contribution in [2.75, 3.05) is 71.2 Å². The van der Waals surface area contributed by atoms with Gasteiger partial charge in [0, 0.05) is 112 Å². The summed E-state index contributed by atoms with van der Waals surface area (Å²) in [6, 6.07) is -0.443. The van der Waals surface area contributed by atoms with Gasteiger partial charge in [0.05, 0.1) is 84.4 Å². The van der Waals surface area contributed by atoms with Gasteiger partial charge in [-0.05, 0) is 80.1 Å². The van der Waals surface area contributed by atoms with Crippen molar-refractivity contribution in [3.8, 4) is 0 Å². The molecule has 6 heterocycles. The molecule has 3 saturated heterocycles. The molecule has 6 aromatic rings. The number of nitrogens with zero attached hydrogens (tertiary/aromatic N) is 6. The Morgan fingerprint density at radius 2 is 0.612 bits per heavy atom. The zero-order chi connectivity index (χ0) is 61.0. The zero-order valence-electron chi connectivity index (χ0n) is 47.3. The Balaban J connectivity index is 0.000000152. The van der Waals surface area contributed by atoms with Gasteiger partial charge in [0.15, 0.2) is 34.9 Å². The second-order valence-corrected chi connectivity index (χ2v) is 23.4. The number of aromatic nitrogens is 3. The van der Waals surface area contributed by atoms with Crippen molar-refractivity contribution in [2.24, 2.45) is 0 Å². The van der Waals surface area contributed by atoms with E-state index in [1.54, 1.807) is 14.7 Å². The van der Waals surface area contributed by atoms with E-state index in [2.05, 4.69) is 16.0 Å². The smallest absolute Gasteiger partial charge is 0.545 e. The van der Waals surface area contributed by atoms with Crippen molar-refractivity contribution >= 4 is 105 Å². The fourth-order valence-corrected chi connectivity index (χ4v) is 12.4. The van der Waals surface area contributed by atoms with E-state index in [1.807, 2.05) is 41.5 Å². The average Bonchev–Trinajstić information content (AvgIpc) is 2.12. The molecule has 12 rings (SSSR count). The molecular formula is C57H63F6GaN12O9. The van der Waals surface area contributed by atoms with Crippen molar-refractivity contribution < 1.29 is 56.0 Å². The van der Waals surface area contributed by atoms with Crippen LogP contribution in [0.3, 0.4) is 0 Å². The van der Waals surface area contributed by atoms with Gasteiger partial charge in [-0.1, -0.05) is 0 Å². The maximum absolute atomic E-state index is 15.6. The summed E-state index contributed by atoms with van der Waals surface area (Å²) in [7, 11) is 0.